The molecule has 0 amide bonds. The van der Waals surface area contributed by atoms with E-state index in [-0.39, 0.29) is 110 Å². The lowest BCUT2D eigenvalue weighted by molar-refractivity contribution is -0.316. The summed E-state index contributed by atoms with van der Waals surface area (Å²) >= 11 is 0. The van der Waals surface area contributed by atoms with Crippen LogP contribution in [0.15, 0.2) is 36.5 Å². The molecule has 0 spiro atoms. The minimum Gasteiger partial charge on any atom is -0.459 e. The van der Waals surface area contributed by atoms with Crippen molar-refractivity contribution in [3.8, 4) is 0 Å². The van der Waals surface area contributed by atoms with E-state index in [1.807, 2.05) is 0 Å². The summed E-state index contributed by atoms with van der Waals surface area (Å²) in [5, 5.41) is 11.2. The molecule has 10 aliphatic rings. The number of rotatable bonds is 3. The van der Waals surface area contributed by atoms with Gasteiger partial charge in [0, 0.05) is 32.1 Å². The maximum Gasteiger partial charge on any atom is 0.308 e. The standard InChI is InChI=1S/C49H70O13/c1-26-17-36-39(22-45(52)58-36)57-44-21-38-40(62-48(44,4)23-26)18-28(3)46-35(55-38)11-7-6-10-31-32(59-46)12-8-14-34-33(54-31)13-9-15-43-49(5,61-34)24-42-37(56-43)20-41-47(60-42)30(51)19-29(53-41)16-27(2)25-50/h6-8,14,25-26,28-44,46-47,51H,2,9-13,15-24H2,1,3-5H3/t26-,28+,29-,30+,31-,32+,33+,34-,35+,36+,37+,38-,39-,40+,41-,42-,43-,44+,46-,47+,48-,49+/m1/s1. The van der Waals surface area contributed by atoms with Gasteiger partial charge < -0.3 is 52.5 Å². The highest BCUT2D eigenvalue weighted by atomic mass is 16.6. The zero-order valence-electron chi connectivity index (χ0n) is 37.1. The summed E-state index contributed by atoms with van der Waals surface area (Å²) in [4.78, 5) is 23.6. The molecule has 10 heterocycles. The Morgan fingerprint density at radius 2 is 1.42 bits per heavy atom. The monoisotopic (exact) mass is 866 g/mol. The molecular formula is C49H70O13. The summed E-state index contributed by atoms with van der Waals surface area (Å²) in [7, 11) is 0. The normalized spacial score (nSPS) is 52.8. The number of aliphatic hydroxyl groups is 1. The quantitative estimate of drug-likeness (QED) is 0.155. The summed E-state index contributed by atoms with van der Waals surface area (Å²) in [6, 6.07) is 0. The molecule has 0 radical (unpaired) electrons. The molecule has 0 aromatic rings. The van der Waals surface area contributed by atoms with Gasteiger partial charge in [-0.05, 0) is 89.0 Å². The molecular weight excluding hydrogens is 797 g/mol. The van der Waals surface area contributed by atoms with Gasteiger partial charge in [0.05, 0.1) is 103 Å². The van der Waals surface area contributed by atoms with Crippen LogP contribution in [0.2, 0.25) is 0 Å². The van der Waals surface area contributed by atoms with E-state index >= 15 is 0 Å². The van der Waals surface area contributed by atoms with E-state index in [1.54, 1.807) is 0 Å². The van der Waals surface area contributed by atoms with Crippen molar-refractivity contribution >= 4 is 12.3 Å². The molecule has 0 aliphatic carbocycles. The largest absolute Gasteiger partial charge is 0.459 e. The number of carbonyl (C=O) groups is 2. The Morgan fingerprint density at radius 3 is 2.26 bits per heavy atom. The highest BCUT2D eigenvalue weighted by molar-refractivity contribution is 5.72. The smallest absolute Gasteiger partial charge is 0.308 e. The van der Waals surface area contributed by atoms with Crippen molar-refractivity contribution in [3.05, 3.63) is 36.5 Å². The minimum absolute atomic E-state index is 0.0861. The van der Waals surface area contributed by atoms with Crippen LogP contribution in [0, 0.1) is 11.8 Å². The van der Waals surface area contributed by atoms with E-state index < -0.39 is 23.4 Å². The number of ether oxygens (including phenoxy) is 10. The van der Waals surface area contributed by atoms with E-state index in [0.717, 1.165) is 57.7 Å². The zero-order valence-corrected chi connectivity index (χ0v) is 37.1. The first-order valence-electron chi connectivity index (χ1n) is 24.1. The molecule has 0 aromatic heterocycles. The molecule has 13 heteroatoms. The third kappa shape index (κ3) is 8.71. The molecule has 0 unspecified atom stereocenters. The maximum absolute atomic E-state index is 12.3. The Bertz CT molecular complexity index is 1720. The van der Waals surface area contributed by atoms with Crippen molar-refractivity contribution < 1.29 is 62.1 Å². The summed E-state index contributed by atoms with van der Waals surface area (Å²) in [6.45, 7) is 12.7. The highest BCUT2D eigenvalue weighted by Gasteiger charge is 2.57. The summed E-state index contributed by atoms with van der Waals surface area (Å²) in [5.41, 5.74) is -0.638. The molecule has 22 atom stereocenters. The van der Waals surface area contributed by atoms with E-state index in [2.05, 4.69) is 58.6 Å². The van der Waals surface area contributed by atoms with E-state index in [4.69, 9.17) is 47.4 Å². The molecule has 10 aliphatic heterocycles. The van der Waals surface area contributed by atoms with Gasteiger partial charge in [-0.2, -0.15) is 0 Å². The predicted molar refractivity (Wildman–Crippen MR) is 224 cm³/mol. The Kier molecular flexibility index (Phi) is 12.5. The second-order valence-electron chi connectivity index (χ2n) is 21.2. The second kappa shape index (κ2) is 17.6. The van der Waals surface area contributed by atoms with Crippen LogP contribution in [-0.4, -0.2) is 138 Å². The van der Waals surface area contributed by atoms with Crippen molar-refractivity contribution in [1.82, 2.24) is 0 Å². The number of hydrogen-bond donors (Lipinski definition) is 1. The van der Waals surface area contributed by atoms with Gasteiger partial charge in [-0.1, -0.05) is 44.7 Å². The molecule has 0 aromatic carbocycles. The molecule has 1 N–H and O–H groups in total. The third-order valence-corrected chi connectivity index (χ3v) is 16.2. The Labute approximate surface area is 366 Å². The molecule has 344 valence electrons. The fourth-order valence-electron chi connectivity index (χ4n) is 13.2. The molecule has 13 nitrogen and oxygen atoms in total. The van der Waals surface area contributed by atoms with E-state index in [1.165, 1.54) is 0 Å². The second-order valence-corrected chi connectivity index (χ2v) is 21.2. The fourth-order valence-corrected chi connectivity index (χ4v) is 13.2. The van der Waals surface area contributed by atoms with Crippen molar-refractivity contribution in [2.24, 2.45) is 11.8 Å². The van der Waals surface area contributed by atoms with Gasteiger partial charge in [0.2, 0.25) is 0 Å². The number of aliphatic hydroxyl groups excluding tert-OH is 1. The predicted octanol–water partition coefficient (Wildman–Crippen LogP) is 5.95. The number of fused-ring (bicyclic) bond motifs is 9. The van der Waals surface area contributed by atoms with Crippen LogP contribution in [0.25, 0.3) is 0 Å². The van der Waals surface area contributed by atoms with Gasteiger partial charge in [-0.25, -0.2) is 0 Å². The minimum atomic E-state index is -0.697. The Balaban J connectivity index is 0.817. The highest BCUT2D eigenvalue weighted by Crippen LogP contribution is 2.48. The average Bonchev–Trinajstić information content (AvgIpc) is 3.52. The van der Waals surface area contributed by atoms with E-state index in [0.29, 0.717) is 56.4 Å². The van der Waals surface area contributed by atoms with Gasteiger partial charge >= 0.3 is 5.97 Å². The van der Waals surface area contributed by atoms with Gasteiger partial charge in [0.1, 0.15) is 30.7 Å². The zero-order chi connectivity index (χ0) is 42.9. The topological polar surface area (TPSA) is 147 Å². The number of carbonyl (C=O) groups excluding carboxylic acids is 2. The van der Waals surface area contributed by atoms with Crippen LogP contribution in [0.4, 0.5) is 0 Å². The summed E-state index contributed by atoms with van der Waals surface area (Å²) in [6.07, 6.45) is 15.7. The molecule has 8 fully saturated rings. The molecule has 10 rings (SSSR count). The van der Waals surface area contributed by atoms with Crippen LogP contribution in [0.3, 0.4) is 0 Å². The lowest BCUT2D eigenvalue weighted by atomic mass is 9.78. The molecule has 0 bridgehead atoms. The van der Waals surface area contributed by atoms with Crippen molar-refractivity contribution in [2.75, 3.05) is 0 Å². The molecule has 8 saturated heterocycles. The Morgan fingerprint density at radius 1 is 0.694 bits per heavy atom. The molecule has 0 saturated carbocycles. The summed E-state index contributed by atoms with van der Waals surface area (Å²) < 4.78 is 68.1. The first-order valence-corrected chi connectivity index (χ1v) is 24.1. The van der Waals surface area contributed by atoms with Crippen molar-refractivity contribution in [2.45, 2.75) is 245 Å². The first-order chi connectivity index (χ1) is 29.8. The number of hydrogen-bond acceptors (Lipinski definition) is 13. The van der Waals surface area contributed by atoms with Crippen molar-refractivity contribution in [3.63, 3.8) is 0 Å². The van der Waals surface area contributed by atoms with Gasteiger partial charge in [-0.3, -0.25) is 9.59 Å². The van der Waals surface area contributed by atoms with Crippen LogP contribution in [0.1, 0.15) is 124 Å². The van der Waals surface area contributed by atoms with Crippen molar-refractivity contribution in [1.29, 1.82) is 0 Å². The maximum atomic E-state index is 12.3. The number of aldehydes is 1. The molecule has 62 heavy (non-hydrogen) atoms. The van der Waals surface area contributed by atoms with Crippen LogP contribution in [-0.2, 0) is 57.0 Å². The van der Waals surface area contributed by atoms with Gasteiger partial charge in [-0.15, -0.1) is 0 Å². The average molecular weight is 867 g/mol. The van der Waals surface area contributed by atoms with Crippen LogP contribution >= 0.6 is 0 Å². The summed E-state index contributed by atoms with van der Waals surface area (Å²) in [5.74, 6) is 0.336. The van der Waals surface area contributed by atoms with Gasteiger partial charge in [0.25, 0.3) is 0 Å². The lowest BCUT2D eigenvalue weighted by Crippen LogP contribution is -2.65. The third-order valence-electron chi connectivity index (χ3n) is 16.2. The first kappa shape index (κ1) is 43.8. The fraction of sp³-hybridized carbons (Fsp3) is 0.837. The number of esters is 1. The lowest BCUT2D eigenvalue weighted by Gasteiger charge is -2.55. The van der Waals surface area contributed by atoms with Gasteiger partial charge in [0.15, 0.2) is 0 Å². The SMILES string of the molecule is C=C(C=O)C[C@@H]1C[C@H](O)[C@@H]2O[C@@H]3C[C@]4(C)O[C@@H]5C=CC[C@@H]6O[C@H]7[C@H](CC=CC[C@H]6O[C@H]5CCC[C@H]4O[C@H]3C[C@H]2O1)O[C@@H]1C[C@@H]2O[C@@H]3CC(=O)O[C@H]3C[C@@H](C)C[C@@]2(C)O[C@H]1C[C@@H]7C. The van der Waals surface area contributed by atoms with E-state index in [9.17, 15) is 14.7 Å². The van der Waals surface area contributed by atoms with Crippen LogP contribution < -0.4 is 0 Å². The van der Waals surface area contributed by atoms with Crippen LogP contribution in [0.5, 0.6) is 0 Å². The Hall–Kier alpha value is -2.04.